The molecule has 0 saturated carbocycles. The lowest BCUT2D eigenvalue weighted by Gasteiger charge is -2.09. The van der Waals surface area contributed by atoms with E-state index in [-0.39, 0.29) is 11.4 Å². The Morgan fingerprint density at radius 3 is 2.32 bits per heavy atom. The number of nitrogens with one attached hydrogen (secondary N) is 2. The summed E-state index contributed by atoms with van der Waals surface area (Å²) in [7, 11) is 0. The molecule has 2 rings (SSSR count). The summed E-state index contributed by atoms with van der Waals surface area (Å²) < 4.78 is 37.5. The molecule has 5 nitrogen and oxygen atoms in total. The Hall–Kier alpha value is -2.64. The van der Waals surface area contributed by atoms with Gasteiger partial charge in [0, 0.05) is 12.2 Å². The normalized spacial score (nSPS) is 11.2. The van der Waals surface area contributed by atoms with Crippen molar-refractivity contribution in [1.82, 2.24) is 10.2 Å². The zero-order valence-electron chi connectivity index (χ0n) is 13.7. The van der Waals surface area contributed by atoms with E-state index in [1.807, 2.05) is 0 Å². The molecule has 0 radical (unpaired) electrons. The van der Waals surface area contributed by atoms with Crippen molar-refractivity contribution >= 4 is 17.4 Å². The number of aromatic nitrogens is 2. The molecule has 8 heteroatoms. The topological polar surface area (TPSA) is 66.9 Å². The Morgan fingerprint density at radius 1 is 1.04 bits per heavy atom. The molecule has 25 heavy (non-hydrogen) atoms. The average Bonchev–Trinajstić information content (AvgIpc) is 2.59. The van der Waals surface area contributed by atoms with E-state index < -0.39 is 17.6 Å². The molecule has 1 aromatic carbocycles. The highest BCUT2D eigenvalue weighted by Crippen LogP contribution is 2.29. The fourth-order valence-corrected chi connectivity index (χ4v) is 2.08. The summed E-state index contributed by atoms with van der Waals surface area (Å²) in [5.74, 6) is 0.0342. The molecule has 2 N–H and O–H groups in total. The Kier molecular flexibility index (Phi) is 6.32. The second-order valence-corrected chi connectivity index (χ2v) is 5.47. The molecule has 1 heterocycles. The quantitative estimate of drug-likeness (QED) is 0.727. The van der Waals surface area contributed by atoms with E-state index in [0.717, 1.165) is 37.9 Å². The summed E-state index contributed by atoms with van der Waals surface area (Å²) in [5, 5.41) is 13.3. The van der Waals surface area contributed by atoms with Crippen molar-refractivity contribution in [3.8, 4) is 0 Å². The van der Waals surface area contributed by atoms with Crippen molar-refractivity contribution in [2.45, 2.75) is 32.4 Å². The molecule has 0 spiro atoms. The molecule has 0 aliphatic heterocycles. The van der Waals surface area contributed by atoms with E-state index in [2.05, 4.69) is 27.8 Å². The predicted octanol–water partition coefficient (Wildman–Crippen LogP) is 4.35. The van der Waals surface area contributed by atoms with Crippen LogP contribution in [0.25, 0.3) is 0 Å². The van der Waals surface area contributed by atoms with Gasteiger partial charge in [0.25, 0.3) is 5.91 Å². The zero-order chi connectivity index (χ0) is 18.3. The molecule has 0 unspecified atom stereocenters. The van der Waals surface area contributed by atoms with E-state index in [1.54, 1.807) is 6.07 Å². The summed E-state index contributed by atoms with van der Waals surface area (Å²) in [4.78, 5) is 12.1. The number of hydrogen-bond donors (Lipinski definition) is 2. The number of hydrogen-bond acceptors (Lipinski definition) is 4. The first-order valence-electron chi connectivity index (χ1n) is 7.96. The predicted molar refractivity (Wildman–Crippen MR) is 89.4 cm³/mol. The van der Waals surface area contributed by atoms with Crippen LogP contribution >= 0.6 is 0 Å². The van der Waals surface area contributed by atoms with E-state index in [1.165, 1.54) is 18.2 Å². The van der Waals surface area contributed by atoms with Gasteiger partial charge in [0.1, 0.15) is 5.82 Å². The van der Waals surface area contributed by atoms with Crippen LogP contribution in [0.4, 0.5) is 24.7 Å². The lowest BCUT2D eigenvalue weighted by molar-refractivity contribution is -0.137. The fraction of sp³-hybridized carbons (Fsp3) is 0.353. The Balaban J connectivity index is 1.92. The Morgan fingerprint density at radius 2 is 1.76 bits per heavy atom. The van der Waals surface area contributed by atoms with Crippen molar-refractivity contribution in [2.24, 2.45) is 0 Å². The van der Waals surface area contributed by atoms with Gasteiger partial charge < -0.3 is 10.6 Å². The van der Waals surface area contributed by atoms with Gasteiger partial charge in [-0.3, -0.25) is 4.79 Å². The van der Waals surface area contributed by atoms with Gasteiger partial charge in [0.15, 0.2) is 5.69 Å². The summed E-state index contributed by atoms with van der Waals surface area (Å²) in [6.45, 7) is 2.89. The number of carbonyl (C=O) groups is 1. The van der Waals surface area contributed by atoms with Gasteiger partial charge in [-0.05, 0) is 42.8 Å². The third kappa shape index (κ3) is 5.74. The van der Waals surface area contributed by atoms with Crippen LogP contribution < -0.4 is 10.6 Å². The van der Waals surface area contributed by atoms with Crippen LogP contribution in [-0.4, -0.2) is 22.6 Å². The number of amides is 1. The molecule has 1 aromatic heterocycles. The number of halogens is 3. The SMILES string of the molecule is CCCCCNc1ccc(C(=O)Nc2ccc(C(F)(F)F)cc2)nn1. The molecule has 1 amide bonds. The van der Waals surface area contributed by atoms with Gasteiger partial charge in [-0.2, -0.15) is 13.2 Å². The molecule has 0 bridgehead atoms. The first-order chi connectivity index (χ1) is 11.9. The van der Waals surface area contributed by atoms with Crippen molar-refractivity contribution in [2.75, 3.05) is 17.2 Å². The van der Waals surface area contributed by atoms with Gasteiger partial charge >= 0.3 is 6.18 Å². The first-order valence-corrected chi connectivity index (χ1v) is 7.96. The molecule has 2 aromatic rings. The summed E-state index contributed by atoms with van der Waals surface area (Å²) in [6, 6.07) is 7.35. The van der Waals surface area contributed by atoms with Gasteiger partial charge in [-0.25, -0.2) is 0 Å². The number of benzene rings is 1. The van der Waals surface area contributed by atoms with Crippen molar-refractivity contribution in [1.29, 1.82) is 0 Å². The second-order valence-electron chi connectivity index (χ2n) is 5.47. The van der Waals surface area contributed by atoms with E-state index in [9.17, 15) is 18.0 Å². The van der Waals surface area contributed by atoms with E-state index >= 15 is 0 Å². The number of unbranched alkanes of at least 4 members (excludes halogenated alkanes) is 2. The minimum Gasteiger partial charge on any atom is -0.369 e. The van der Waals surface area contributed by atoms with Crippen LogP contribution in [0.2, 0.25) is 0 Å². The standard InChI is InChI=1S/C17H19F3N4O/c1-2-3-4-11-21-15-10-9-14(23-24-15)16(25)22-13-7-5-12(6-8-13)17(18,19)20/h5-10H,2-4,11H2,1H3,(H,21,24)(H,22,25). The van der Waals surface area contributed by atoms with Crippen molar-refractivity contribution < 1.29 is 18.0 Å². The zero-order valence-corrected chi connectivity index (χ0v) is 13.7. The number of carbonyl (C=O) groups excluding carboxylic acids is 1. The molecular formula is C17H19F3N4O. The maximum absolute atomic E-state index is 12.5. The lowest BCUT2D eigenvalue weighted by atomic mass is 10.2. The third-order valence-corrected chi connectivity index (χ3v) is 3.45. The summed E-state index contributed by atoms with van der Waals surface area (Å²) >= 11 is 0. The van der Waals surface area contributed by atoms with E-state index in [0.29, 0.717) is 5.82 Å². The van der Waals surface area contributed by atoms with Crippen LogP contribution in [0.1, 0.15) is 42.2 Å². The monoisotopic (exact) mass is 352 g/mol. The van der Waals surface area contributed by atoms with E-state index in [4.69, 9.17) is 0 Å². The Bertz CT molecular complexity index is 685. The van der Waals surface area contributed by atoms with Crippen LogP contribution in [0, 0.1) is 0 Å². The largest absolute Gasteiger partial charge is 0.416 e. The first kappa shape index (κ1) is 18.7. The number of rotatable bonds is 7. The maximum atomic E-state index is 12.5. The fourth-order valence-electron chi connectivity index (χ4n) is 2.08. The third-order valence-electron chi connectivity index (χ3n) is 3.45. The van der Waals surface area contributed by atoms with Crippen molar-refractivity contribution in [3.05, 3.63) is 47.7 Å². The Labute approximate surface area is 143 Å². The molecule has 0 fully saturated rings. The van der Waals surface area contributed by atoms with Gasteiger partial charge in [-0.15, -0.1) is 10.2 Å². The minimum atomic E-state index is -4.41. The second kappa shape index (κ2) is 8.46. The van der Waals surface area contributed by atoms with Crippen LogP contribution in [0.3, 0.4) is 0 Å². The number of alkyl halides is 3. The molecular weight excluding hydrogens is 333 g/mol. The smallest absolute Gasteiger partial charge is 0.369 e. The van der Waals surface area contributed by atoms with Crippen LogP contribution in [-0.2, 0) is 6.18 Å². The molecule has 0 atom stereocenters. The molecule has 0 saturated heterocycles. The van der Waals surface area contributed by atoms with Gasteiger partial charge in [-0.1, -0.05) is 19.8 Å². The summed E-state index contributed by atoms with van der Waals surface area (Å²) in [5.41, 5.74) is -0.440. The maximum Gasteiger partial charge on any atom is 0.416 e. The average molecular weight is 352 g/mol. The number of nitrogens with zero attached hydrogens (tertiary/aromatic N) is 2. The van der Waals surface area contributed by atoms with Gasteiger partial charge in [0.2, 0.25) is 0 Å². The van der Waals surface area contributed by atoms with Crippen LogP contribution in [0.5, 0.6) is 0 Å². The summed E-state index contributed by atoms with van der Waals surface area (Å²) in [6.07, 6.45) is -1.15. The highest BCUT2D eigenvalue weighted by molar-refractivity contribution is 6.02. The highest BCUT2D eigenvalue weighted by Gasteiger charge is 2.30. The molecule has 134 valence electrons. The molecule has 0 aliphatic rings. The van der Waals surface area contributed by atoms with Crippen LogP contribution in [0.15, 0.2) is 36.4 Å². The number of anilines is 2. The van der Waals surface area contributed by atoms with Crippen molar-refractivity contribution in [3.63, 3.8) is 0 Å². The van der Waals surface area contributed by atoms with Gasteiger partial charge in [0.05, 0.1) is 5.56 Å². The highest BCUT2D eigenvalue weighted by atomic mass is 19.4. The lowest BCUT2D eigenvalue weighted by Crippen LogP contribution is -2.15. The molecule has 0 aliphatic carbocycles. The minimum absolute atomic E-state index is 0.0824.